The molecule has 0 aromatic heterocycles. The Kier molecular flexibility index (Phi) is 6.68. The minimum Gasteiger partial charge on any atom is -0.506 e. The van der Waals surface area contributed by atoms with Crippen molar-refractivity contribution in [3.63, 3.8) is 0 Å². The van der Waals surface area contributed by atoms with Crippen LogP contribution < -0.4 is 21.0 Å². The Morgan fingerprint density at radius 1 is 1.03 bits per heavy atom. The summed E-state index contributed by atoms with van der Waals surface area (Å²) in [5.41, 5.74) is -0.431. The lowest BCUT2D eigenvalue weighted by atomic mass is 9.97. The van der Waals surface area contributed by atoms with Gasteiger partial charge in [0.1, 0.15) is 40.5 Å². The van der Waals surface area contributed by atoms with Crippen molar-refractivity contribution in [1.29, 1.82) is 0 Å². The third kappa shape index (κ3) is 4.26. The summed E-state index contributed by atoms with van der Waals surface area (Å²) in [5.74, 6) is -4.44. The monoisotopic (exact) mass is 503 g/mol. The molecule has 0 spiro atoms. The van der Waals surface area contributed by atoms with E-state index in [4.69, 9.17) is 0 Å². The number of fused-ring (bicyclic) bond motifs is 2. The first-order chi connectivity index (χ1) is 17.2. The molecule has 1 aliphatic carbocycles. The average Bonchev–Trinajstić information content (AvgIpc) is 3.54. The molecule has 2 heterocycles. The molecule has 190 valence electrons. The minimum atomic E-state index is -1.54. The molecule has 2 aromatic rings. The number of aliphatic hydroxyl groups excluding tert-OH is 1. The normalized spacial score (nSPS) is 17.4. The summed E-state index contributed by atoms with van der Waals surface area (Å²) >= 11 is 0. The van der Waals surface area contributed by atoms with Crippen molar-refractivity contribution in [2.45, 2.75) is 39.7 Å². The summed E-state index contributed by atoms with van der Waals surface area (Å²) in [4.78, 5) is 4.23. The predicted octanol–water partition coefficient (Wildman–Crippen LogP) is 6.31. The van der Waals surface area contributed by atoms with Crippen LogP contribution in [-0.2, 0) is 0 Å². The molecule has 1 unspecified atom stereocenters. The van der Waals surface area contributed by atoms with Gasteiger partial charge in [-0.05, 0) is 41.8 Å². The van der Waals surface area contributed by atoms with E-state index in [0.717, 1.165) is 0 Å². The number of nitrogens with one attached hydrogen (secondary N) is 3. The number of nitrogens with zero attached hydrogens (tertiary/aromatic N) is 2. The molecule has 0 saturated heterocycles. The number of rotatable bonds is 5. The third-order valence-electron chi connectivity index (χ3n) is 5.74. The van der Waals surface area contributed by atoms with Crippen molar-refractivity contribution in [2.24, 2.45) is 4.99 Å². The molecule has 0 amide bonds. The van der Waals surface area contributed by atoms with Crippen LogP contribution in [0, 0.1) is 23.3 Å². The van der Waals surface area contributed by atoms with E-state index in [2.05, 4.69) is 20.9 Å². The SMILES string of the molecule is CC.CC(C)c1cc(NC2=C3C=C(Nc4c(F)c(F)c5c(c4F)N5O)C(O)=CC3N=CN2)ccc1F. The molecule has 0 saturated carbocycles. The Hall–Kier alpha value is -3.99. The highest BCUT2D eigenvalue weighted by Crippen LogP contribution is 2.53. The second kappa shape index (κ2) is 9.57. The Morgan fingerprint density at radius 3 is 2.42 bits per heavy atom. The maximum Gasteiger partial charge on any atom is 0.189 e. The summed E-state index contributed by atoms with van der Waals surface area (Å²) in [6.07, 6.45) is 4.16. The van der Waals surface area contributed by atoms with E-state index in [1.165, 1.54) is 24.6 Å². The van der Waals surface area contributed by atoms with Crippen molar-refractivity contribution >= 4 is 29.1 Å². The smallest absolute Gasteiger partial charge is 0.189 e. The highest BCUT2D eigenvalue weighted by Gasteiger charge is 2.42. The zero-order chi connectivity index (χ0) is 26.3. The summed E-state index contributed by atoms with van der Waals surface area (Å²) in [6.45, 7) is 7.74. The highest BCUT2D eigenvalue weighted by molar-refractivity contribution is 5.94. The van der Waals surface area contributed by atoms with Crippen molar-refractivity contribution in [1.82, 2.24) is 5.32 Å². The van der Waals surface area contributed by atoms with Gasteiger partial charge in [0, 0.05) is 11.3 Å². The summed E-state index contributed by atoms with van der Waals surface area (Å²) < 4.78 is 57.1. The average molecular weight is 504 g/mol. The van der Waals surface area contributed by atoms with Gasteiger partial charge in [-0.1, -0.05) is 27.7 Å². The van der Waals surface area contributed by atoms with Gasteiger partial charge in [0.05, 0.1) is 12.0 Å². The van der Waals surface area contributed by atoms with Crippen LogP contribution in [-0.4, -0.2) is 22.7 Å². The van der Waals surface area contributed by atoms with Crippen LogP contribution in [0.2, 0.25) is 0 Å². The molecule has 1 atom stereocenters. The molecule has 0 bridgehead atoms. The first-order valence-electron chi connectivity index (χ1n) is 11.4. The van der Waals surface area contributed by atoms with Crippen LogP contribution in [0.3, 0.4) is 0 Å². The summed E-state index contributed by atoms with van der Waals surface area (Å²) in [5, 5.41) is 28.5. The van der Waals surface area contributed by atoms with Crippen LogP contribution in [0.4, 0.5) is 40.3 Å². The first-order valence-corrected chi connectivity index (χ1v) is 11.4. The predicted molar refractivity (Wildman–Crippen MR) is 131 cm³/mol. The van der Waals surface area contributed by atoms with Gasteiger partial charge in [-0.2, -0.15) is 0 Å². The molecule has 36 heavy (non-hydrogen) atoms. The van der Waals surface area contributed by atoms with E-state index < -0.39 is 40.6 Å². The molecule has 2 aromatic carbocycles. The molecule has 0 fully saturated rings. The Balaban J connectivity index is 0.00000148. The Morgan fingerprint density at radius 2 is 1.72 bits per heavy atom. The van der Waals surface area contributed by atoms with Gasteiger partial charge in [0.15, 0.2) is 17.5 Å². The maximum atomic E-state index is 14.6. The van der Waals surface area contributed by atoms with E-state index in [1.807, 2.05) is 27.7 Å². The zero-order valence-corrected chi connectivity index (χ0v) is 19.9. The van der Waals surface area contributed by atoms with Crippen LogP contribution in [0.25, 0.3) is 0 Å². The number of aliphatic hydroxyl groups is 1. The van der Waals surface area contributed by atoms with Crippen LogP contribution in [0.15, 0.2) is 58.2 Å². The Labute approximate surface area is 205 Å². The van der Waals surface area contributed by atoms with E-state index in [0.29, 0.717) is 22.6 Å². The fourth-order valence-electron chi connectivity index (χ4n) is 3.89. The van der Waals surface area contributed by atoms with Crippen molar-refractivity contribution < 1.29 is 27.9 Å². The van der Waals surface area contributed by atoms with Gasteiger partial charge >= 0.3 is 0 Å². The highest BCUT2D eigenvalue weighted by atomic mass is 19.2. The maximum absolute atomic E-state index is 14.6. The molecule has 0 radical (unpaired) electrons. The van der Waals surface area contributed by atoms with Crippen molar-refractivity contribution in [3.05, 3.63) is 82.0 Å². The standard InChI is InChI=1S/C23H19F4N5O2.C2H6/c1-9(2)11-5-10(3-4-13(11)24)30-23-12-6-15(16(33)7-14(12)28-8-29-23)31-20-17(25)18(26)21-22(19(20)27)32(21)34;1-2/h3-9,14,30-31,33-34H,1-2H3,(H,28,29);1-2H3. The number of benzene rings is 2. The lowest BCUT2D eigenvalue weighted by molar-refractivity contribution is 0.325. The molecule has 11 heteroatoms. The van der Waals surface area contributed by atoms with Gasteiger partial charge in [-0.25, -0.2) is 22.6 Å². The summed E-state index contributed by atoms with van der Waals surface area (Å²) in [7, 11) is 0. The van der Waals surface area contributed by atoms with Crippen LogP contribution in [0.1, 0.15) is 39.2 Å². The minimum absolute atomic E-state index is 0.0442. The summed E-state index contributed by atoms with van der Waals surface area (Å²) in [6, 6.07) is 3.96. The molecule has 7 nitrogen and oxygen atoms in total. The lowest BCUT2D eigenvalue weighted by Crippen LogP contribution is -2.30. The number of aliphatic imine (C=N–C) groups is 1. The van der Waals surface area contributed by atoms with Gasteiger partial charge < -0.3 is 21.1 Å². The number of halogens is 4. The molecule has 5 rings (SSSR count). The van der Waals surface area contributed by atoms with E-state index >= 15 is 0 Å². The van der Waals surface area contributed by atoms with Gasteiger partial charge in [0.2, 0.25) is 0 Å². The Bertz CT molecular complexity index is 1350. The van der Waals surface area contributed by atoms with Crippen molar-refractivity contribution in [3.8, 4) is 0 Å². The number of hydrogen-bond acceptors (Lipinski definition) is 7. The fraction of sp³-hybridized carbons (Fsp3) is 0.240. The van der Waals surface area contributed by atoms with E-state index in [-0.39, 0.29) is 28.3 Å². The third-order valence-corrected chi connectivity index (χ3v) is 5.74. The van der Waals surface area contributed by atoms with E-state index in [1.54, 1.807) is 12.1 Å². The number of hydrogen-bond donors (Lipinski definition) is 5. The molecule has 2 aliphatic heterocycles. The van der Waals surface area contributed by atoms with Crippen LogP contribution in [0.5, 0.6) is 0 Å². The second-order valence-corrected chi connectivity index (χ2v) is 8.27. The molecular weight excluding hydrogens is 478 g/mol. The fourth-order valence-corrected chi connectivity index (χ4v) is 3.89. The lowest BCUT2D eigenvalue weighted by Gasteiger charge is -2.26. The van der Waals surface area contributed by atoms with Crippen molar-refractivity contribution in [2.75, 3.05) is 15.7 Å². The quantitative estimate of drug-likeness (QED) is 0.187. The number of anilines is 4. The van der Waals surface area contributed by atoms with Gasteiger partial charge in [-0.3, -0.25) is 10.2 Å². The zero-order valence-electron chi connectivity index (χ0n) is 19.9. The molecular formula is C25H25F4N5O2. The van der Waals surface area contributed by atoms with Gasteiger partial charge in [-0.15, -0.1) is 0 Å². The molecule has 3 aliphatic rings. The topological polar surface area (TPSA) is 91.9 Å². The van der Waals surface area contributed by atoms with Crippen LogP contribution >= 0.6 is 0 Å². The van der Waals surface area contributed by atoms with E-state index in [9.17, 15) is 27.9 Å². The second-order valence-electron chi connectivity index (χ2n) is 8.27. The largest absolute Gasteiger partial charge is 0.506 e. The molecule has 5 N–H and O–H groups in total. The first kappa shape index (κ1) is 25.1. The van der Waals surface area contributed by atoms with Gasteiger partial charge in [0.25, 0.3) is 0 Å².